The number of hydrogen-bond acceptors (Lipinski definition) is 3. The summed E-state index contributed by atoms with van der Waals surface area (Å²) < 4.78 is 86.2. The second kappa shape index (κ2) is 6.29. The Bertz CT molecular complexity index is 527. The summed E-state index contributed by atoms with van der Waals surface area (Å²) in [5.41, 5.74) is 0.0166. The Kier molecular flexibility index (Phi) is 5.29. The van der Waals surface area contributed by atoms with E-state index in [0.29, 0.717) is 0 Å². The lowest BCUT2D eigenvalue weighted by atomic mass is 10.2. The summed E-state index contributed by atoms with van der Waals surface area (Å²) in [6, 6.07) is 4.21. The summed E-state index contributed by atoms with van der Waals surface area (Å²) in [5, 5.41) is -0.830. The minimum atomic E-state index is -6.44. The highest BCUT2D eigenvalue weighted by Gasteiger charge is 2.73. The third-order valence-electron chi connectivity index (χ3n) is 2.29. The highest BCUT2D eigenvalue weighted by molar-refractivity contribution is 6.67. The molecule has 0 saturated heterocycles. The van der Waals surface area contributed by atoms with Crippen LogP contribution in [0.4, 0.5) is 30.7 Å². The number of hydrogen-bond donors (Lipinski definition) is 0. The van der Waals surface area contributed by atoms with Gasteiger partial charge in [-0.25, -0.2) is 0 Å². The second-order valence-corrected chi connectivity index (χ2v) is 4.26. The van der Waals surface area contributed by atoms with Gasteiger partial charge in [-0.3, -0.25) is 4.79 Å². The van der Waals surface area contributed by atoms with E-state index in [1.807, 2.05) is 0 Å². The van der Waals surface area contributed by atoms with Crippen molar-refractivity contribution in [1.29, 1.82) is 0 Å². The number of alkyl halides is 7. The standard InChI is InChI=1S/C11H6ClF7O3/c12-8(20)6-1-3-7(4-2-6)22-21-5-9(13,14)10(15,16)11(17,18)19/h1-4H,5H2. The lowest BCUT2D eigenvalue weighted by Crippen LogP contribution is -2.54. The van der Waals surface area contributed by atoms with Crippen LogP contribution >= 0.6 is 11.6 Å². The van der Waals surface area contributed by atoms with Crippen molar-refractivity contribution in [3.63, 3.8) is 0 Å². The van der Waals surface area contributed by atoms with Crippen molar-refractivity contribution in [2.24, 2.45) is 0 Å². The zero-order valence-electron chi connectivity index (χ0n) is 10.3. The van der Waals surface area contributed by atoms with Gasteiger partial charge in [0.1, 0.15) is 0 Å². The van der Waals surface area contributed by atoms with E-state index in [1.54, 1.807) is 0 Å². The lowest BCUT2D eigenvalue weighted by molar-refractivity contribution is -0.378. The highest BCUT2D eigenvalue weighted by atomic mass is 35.5. The molecule has 0 radical (unpaired) electrons. The second-order valence-electron chi connectivity index (χ2n) is 3.92. The summed E-state index contributed by atoms with van der Waals surface area (Å²) in [4.78, 5) is 18.6. The molecule has 11 heteroatoms. The third kappa shape index (κ3) is 4.01. The van der Waals surface area contributed by atoms with Crippen molar-refractivity contribution in [3.05, 3.63) is 29.8 Å². The minimum absolute atomic E-state index is 0.0166. The van der Waals surface area contributed by atoms with Gasteiger partial charge in [0.05, 0.1) is 0 Å². The molecule has 0 bridgehead atoms. The van der Waals surface area contributed by atoms with Gasteiger partial charge in [0.15, 0.2) is 12.4 Å². The van der Waals surface area contributed by atoms with E-state index in [9.17, 15) is 35.5 Å². The van der Waals surface area contributed by atoms with Crippen LogP contribution in [0.1, 0.15) is 10.4 Å². The molecule has 0 aliphatic heterocycles. The number of rotatable bonds is 6. The Morgan fingerprint density at radius 3 is 1.91 bits per heavy atom. The van der Waals surface area contributed by atoms with Gasteiger partial charge in [-0.05, 0) is 35.9 Å². The van der Waals surface area contributed by atoms with Crippen LogP contribution < -0.4 is 4.89 Å². The topological polar surface area (TPSA) is 35.5 Å². The SMILES string of the molecule is O=C(Cl)c1ccc(OOCC(F)(F)C(F)(F)C(F)(F)F)cc1. The van der Waals surface area contributed by atoms with Crippen molar-refractivity contribution in [2.75, 3.05) is 6.61 Å². The van der Waals surface area contributed by atoms with Gasteiger partial charge >= 0.3 is 18.0 Å². The molecular weight excluding hydrogens is 349 g/mol. The van der Waals surface area contributed by atoms with Gasteiger partial charge < -0.3 is 4.89 Å². The summed E-state index contributed by atoms with van der Waals surface area (Å²) >= 11 is 5.11. The molecule has 0 atom stereocenters. The molecular formula is C11H6ClF7O3. The van der Waals surface area contributed by atoms with Crippen molar-refractivity contribution in [1.82, 2.24) is 0 Å². The van der Waals surface area contributed by atoms with E-state index >= 15 is 0 Å². The Balaban J connectivity index is 2.64. The molecule has 0 aliphatic carbocycles. The number of carbonyl (C=O) groups is 1. The molecule has 0 spiro atoms. The fourth-order valence-corrected chi connectivity index (χ4v) is 1.24. The summed E-state index contributed by atoms with van der Waals surface area (Å²) in [5.74, 6) is -12.1. The van der Waals surface area contributed by atoms with E-state index < -0.39 is 29.9 Å². The first kappa shape index (κ1) is 18.5. The largest absolute Gasteiger partial charge is 0.459 e. The first-order chi connectivity index (χ1) is 9.88. The van der Waals surface area contributed by atoms with Crippen molar-refractivity contribution >= 4 is 16.8 Å². The van der Waals surface area contributed by atoms with Crippen LogP contribution in [0.15, 0.2) is 24.3 Å². The van der Waals surface area contributed by atoms with Crippen LogP contribution in [-0.4, -0.2) is 29.9 Å². The predicted octanol–water partition coefficient (Wildman–Crippen LogP) is 4.21. The number of carbonyl (C=O) groups excluding carboxylic acids is 1. The summed E-state index contributed by atoms with van der Waals surface area (Å²) in [6.45, 7) is -2.34. The third-order valence-corrected chi connectivity index (χ3v) is 2.51. The average Bonchev–Trinajstić information content (AvgIpc) is 2.37. The van der Waals surface area contributed by atoms with Crippen molar-refractivity contribution in [2.45, 2.75) is 18.0 Å². The molecule has 22 heavy (non-hydrogen) atoms. The smallest absolute Gasteiger partial charge is 0.337 e. The van der Waals surface area contributed by atoms with Gasteiger partial charge in [-0.15, -0.1) is 0 Å². The van der Waals surface area contributed by atoms with Gasteiger partial charge in [0.2, 0.25) is 0 Å². The fraction of sp³-hybridized carbons (Fsp3) is 0.364. The minimum Gasteiger partial charge on any atom is -0.337 e. The van der Waals surface area contributed by atoms with E-state index in [-0.39, 0.29) is 11.3 Å². The van der Waals surface area contributed by atoms with Gasteiger partial charge in [0, 0.05) is 5.56 Å². The van der Waals surface area contributed by atoms with Crippen LogP contribution in [0, 0.1) is 0 Å². The Morgan fingerprint density at radius 1 is 1.00 bits per heavy atom. The molecule has 0 saturated carbocycles. The monoisotopic (exact) mass is 354 g/mol. The lowest BCUT2D eigenvalue weighted by Gasteiger charge is -2.27. The molecule has 1 aromatic carbocycles. The molecule has 0 unspecified atom stereocenters. The van der Waals surface area contributed by atoms with Gasteiger partial charge in [-0.1, -0.05) is 0 Å². The first-order valence-electron chi connectivity index (χ1n) is 5.30. The molecule has 0 heterocycles. The Hall–Kier alpha value is -1.55. The first-order valence-corrected chi connectivity index (χ1v) is 5.68. The maximum Gasteiger partial charge on any atom is 0.459 e. The molecule has 0 aliphatic rings. The summed E-state index contributed by atoms with van der Waals surface area (Å²) in [7, 11) is 0. The van der Waals surface area contributed by atoms with Crippen molar-refractivity contribution in [3.8, 4) is 5.75 Å². The molecule has 0 aromatic heterocycles. The quantitative estimate of drug-likeness (QED) is 0.332. The maximum absolute atomic E-state index is 12.8. The predicted molar refractivity (Wildman–Crippen MR) is 59.2 cm³/mol. The highest BCUT2D eigenvalue weighted by Crippen LogP contribution is 2.46. The normalized spacial score (nSPS) is 13.1. The molecule has 1 aromatic rings. The van der Waals surface area contributed by atoms with Crippen LogP contribution in [0.5, 0.6) is 5.75 Å². The average molecular weight is 355 g/mol. The van der Waals surface area contributed by atoms with Crippen molar-refractivity contribution < 1.29 is 45.3 Å². The molecule has 1 rings (SSSR count). The van der Waals surface area contributed by atoms with Crippen LogP contribution in [0.25, 0.3) is 0 Å². The molecule has 0 fully saturated rings. The molecule has 0 amide bonds. The van der Waals surface area contributed by atoms with E-state index in [4.69, 9.17) is 11.6 Å². The molecule has 124 valence electrons. The number of benzene rings is 1. The van der Waals surface area contributed by atoms with Crippen LogP contribution in [0.3, 0.4) is 0 Å². The Morgan fingerprint density at radius 2 is 1.50 bits per heavy atom. The zero-order chi connectivity index (χ0) is 17.2. The fourth-order valence-electron chi connectivity index (χ4n) is 1.11. The number of halogens is 8. The van der Waals surface area contributed by atoms with Gasteiger partial charge in [0.25, 0.3) is 5.24 Å². The summed E-state index contributed by atoms with van der Waals surface area (Å²) in [6.07, 6.45) is -6.44. The Labute approximate surface area is 123 Å². The van der Waals surface area contributed by atoms with E-state index in [2.05, 4.69) is 9.78 Å². The molecule has 0 N–H and O–H groups in total. The zero-order valence-corrected chi connectivity index (χ0v) is 11.0. The van der Waals surface area contributed by atoms with Gasteiger partial charge in [-0.2, -0.15) is 35.6 Å². The van der Waals surface area contributed by atoms with Crippen LogP contribution in [-0.2, 0) is 4.89 Å². The maximum atomic E-state index is 12.8. The molecule has 3 nitrogen and oxygen atoms in total. The van der Waals surface area contributed by atoms with Crippen LogP contribution in [0.2, 0.25) is 0 Å². The van der Waals surface area contributed by atoms with E-state index in [0.717, 1.165) is 24.3 Å². The van der Waals surface area contributed by atoms with E-state index in [1.165, 1.54) is 0 Å².